The Labute approximate surface area is 168 Å². The van der Waals surface area contributed by atoms with E-state index in [4.69, 9.17) is 14.2 Å². The summed E-state index contributed by atoms with van der Waals surface area (Å²) in [5.41, 5.74) is 2.73. The third-order valence-corrected chi connectivity index (χ3v) is 4.99. The summed E-state index contributed by atoms with van der Waals surface area (Å²) in [6, 6.07) is 15.4. The Morgan fingerprint density at radius 3 is 2.69 bits per heavy atom. The molecule has 7 nitrogen and oxygen atoms in total. The highest BCUT2D eigenvalue weighted by atomic mass is 16.7. The minimum Gasteiger partial charge on any atom is -0.497 e. The molecule has 4 rings (SSSR count). The molecule has 0 spiro atoms. The van der Waals surface area contributed by atoms with Gasteiger partial charge in [0.1, 0.15) is 11.5 Å². The number of hydrogen-bond donors (Lipinski definition) is 0. The lowest BCUT2D eigenvalue weighted by molar-refractivity contribution is -0.385. The molecular formula is C22H22N2O5. The highest BCUT2D eigenvalue weighted by Crippen LogP contribution is 2.33. The molecule has 0 amide bonds. The van der Waals surface area contributed by atoms with E-state index in [9.17, 15) is 10.1 Å². The van der Waals surface area contributed by atoms with Crippen LogP contribution >= 0.6 is 0 Å². The number of ether oxygens (including phenoxy) is 3. The van der Waals surface area contributed by atoms with Crippen LogP contribution in [0.15, 0.2) is 48.5 Å². The summed E-state index contributed by atoms with van der Waals surface area (Å²) in [6.07, 6.45) is 0. The molecule has 3 aromatic rings. The van der Waals surface area contributed by atoms with Crippen molar-refractivity contribution in [2.75, 3.05) is 21.0 Å². The van der Waals surface area contributed by atoms with Gasteiger partial charge in [0, 0.05) is 36.3 Å². The molecule has 3 aromatic carbocycles. The summed E-state index contributed by atoms with van der Waals surface area (Å²) in [7, 11) is 3.65. The van der Waals surface area contributed by atoms with Crippen LogP contribution in [-0.4, -0.2) is 30.8 Å². The third kappa shape index (κ3) is 4.16. The Kier molecular flexibility index (Phi) is 5.33. The molecular weight excluding hydrogens is 372 g/mol. The lowest BCUT2D eigenvalue weighted by Gasteiger charge is -2.23. The number of non-ortho nitro benzene ring substituents is 1. The van der Waals surface area contributed by atoms with Crippen LogP contribution in [0.4, 0.5) is 5.69 Å². The number of benzene rings is 3. The molecule has 150 valence electrons. The first-order valence-corrected chi connectivity index (χ1v) is 9.29. The third-order valence-electron chi connectivity index (χ3n) is 4.99. The fourth-order valence-corrected chi connectivity index (χ4v) is 3.66. The van der Waals surface area contributed by atoms with Gasteiger partial charge in [0.15, 0.2) is 6.79 Å². The number of rotatable bonds is 6. The summed E-state index contributed by atoms with van der Waals surface area (Å²) >= 11 is 0. The first-order chi connectivity index (χ1) is 14.0. The Bertz CT molecular complexity index is 1070. The van der Waals surface area contributed by atoms with Crippen molar-refractivity contribution in [1.29, 1.82) is 0 Å². The Morgan fingerprint density at radius 1 is 1.10 bits per heavy atom. The zero-order chi connectivity index (χ0) is 20.4. The minimum absolute atomic E-state index is 0.0564. The van der Waals surface area contributed by atoms with Gasteiger partial charge in [0.2, 0.25) is 0 Å². The second kappa shape index (κ2) is 8.06. The van der Waals surface area contributed by atoms with Crippen LogP contribution in [0.1, 0.15) is 16.7 Å². The number of nitrogens with zero attached hydrogens (tertiary/aromatic N) is 2. The SMILES string of the molecule is COc1ccc2cc(CN(C)Cc3cc([N+](=O)[O-])cc4c3OCOC4)ccc2c1. The normalized spacial score (nSPS) is 13.2. The molecule has 0 bridgehead atoms. The summed E-state index contributed by atoms with van der Waals surface area (Å²) in [4.78, 5) is 13.0. The van der Waals surface area contributed by atoms with Crippen molar-refractivity contribution in [2.45, 2.75) is 19.7 Å². The zero-order valence-corrected chi connectivity index (χ0v) is 16.4. The predicted octanol–water partition coefficient (Wildman–Crippen LogP) is 4.26. The predicted molar refractivity (Wildman–Crippen MR) is 109 cm³/mol. The molecule has 1 aliphatic rings. The van der Waals surface area contributed by atoms with Crippen molar-refractivity contribution in [3.05, 3.63) is 75.3 Å². The van der Waals surface area contributed by atoms with Crippen LogP contribution < -0.4 is 9.47 Å². The second-order valence-corrected chi connectivity index (χ2v) is 7.18. The van der Waals surface area contributed by atoms with Crippen molar-refractivity contribution < 1.29 is 19.1 Å². The molecule has 1 aliphatic heterocycles. The van der Waals surface area contributed by atoms with E-state index < -0.39 is 0 Å². The summed E-state index contributed by atoms with van der Waals surface area (Å²) < 4.78 is 16.2. The van der Waals surface area contributed by atoms with Gasteiger partial charge in [-0.2, -0.15) is 0 Å². The highest BCUT2D eigenvalue weighted by Gasteiger charge is 2.21. The first kappa shape index (κ1) is 19.2. The van der Waals surface area contributed by atoms with E-state index in [-0.39, 0.29) is 17.4 Å². The van der Waals surface area contributed by atoms with Gasteiger partial charge in [0.25, 0.3) is 5.69 Å². The zero-order valence-electron chi connectivity index (χ0n) is 16.4. The van der Waals surface area contributed by atoms with E-state index >= 15 is 0 Å². The minimum atomic E-state index is -0.379. The average Bonchev–Trinajstić information content (AvgIpc) is 2.73. The quantitative estimate of drug-likeness (QED) is 0.460. The standard InChI is InChI=1S/C22H22N2O5/c1-23(11-15-3-4-17-10-21(27-2)6-5-16(17)7-15)12-18-8-20(24(25)26)9-19-13-28-14-29-22(18)19/h3-10H,11-14H2,1-2H3. The molecule has 0 aliphatic carbocycles. The number of nitro groups is 1. The fourth-order valence-electron chi connectivity index (χ4n) is 3.66. The van der Waals surface area contributed by atoms with Crippen LogP contribution in [0.3, 0.4) is 0 Å². The smallest absolute Gasteiger partial charge is 0.270 e. The van der Waals surface area contributed by atoms with E-state index in [1.165, 1.54) is 6.07 Å². The van der Waals surface area contributed by atoms with Gasteiger partial charge < -0.3 is 14.2 Å². The van der Waals surface area contributed by atoms with Crippen molar-refractivity contribution in [3.63, 3.8) is 0 Å². The van der Waals surface area contributed by atoms with Crippen LogP contribution in [0.25, 0.3) is 10.8 Å². The van der Waals surface area contributed by atoms with Gasteiger partial charge in [-0.15, -0.1) is 0 Å². The maximum Gasteiger partial charge on any atom is 0.270 e. The Hall–Kier alpha value is -3.16. The molecule has 0 radical (unpaired) electrons. The second-order valence-electron chi connectivity index (χ2n) is 7.18. The van der Waals surface area contributed by atoms with Gasteiger partial charge >= 0.3 is 0 Å². The van der Waals surface area contributed by atoms with Crippen LogP contribution in [0.5, 0.6) is 11.5 Å². The number of nitro benzene ring substituents is 1. The summed E-state index contributed by atoms with van der Waals surface area (Å²) in [5.74, 6) is 1.53. The molecule has 0 atom stereocenters. The lowest BCUT2D eigenvalue weighted by atomic mass is 10.0. The topological polar surface area (TPSA) is 74.1 Å². The van der Waals surface area contributed by atoms with Gasteiger partial charge in [-0.1, -0.05) is 18.2 Å². The average molecular weight is 394 g/mol. The van der Waals surface area contributed by atoms with Gasteiger partial charge in [-0.3, -0.25) is 15.0 Å². The molecule has 29 heavy (non-hydrogen) atoms. The van der Waals surface area contributed by atoms with Crippen LogP contribution in [-0.2, 0) is 24.4 Å². The molecule has 1 heterocycles. The van der Waals surface area contributed by atoms with E-state index in [1.54, 1.807) is 13.2 Å². The maximum atomic E-state index is 11.3. The lowest BCUT2D eigenvalue weighted by Crippen LogP contribution is -2.20. The fraction of sp³-hybridized carbons (Fsp3) is 0.273. The van der Waals surface area contributed by atoms with E-state index in [0.717, 1.165) is 27.6 Å². The molecule has 0 aromatic heterocycles. The van der Waals surface area contributed by atoms with Crippen molar-refractivity contribution >= 4 is 16.5 Å². The molecule has 0 saturated heterocycles. The van der Waals surface area contributed by atoms with Gasteiger partial charge in [-0.05, 0) is 41.6 Å². The van der Waals surface area contributed by atoms with Crippen LogP contribution in [0, 0.1) is 10.1 Å². The van der Waals surface area contributed by atoms with E-state index in [0.29, 0.717) is 31.0 Å². The molecule has 0 fully saturated rings. The summed E-state index contributed by atoms with van der Waals surface area (Å²) in [5, 5.41) is 13.6. The molecule has 0 N–H and O–H groups in total. The van der Waals surface area contributed by atoms with Crippen LogP contribution in [0.2, 0.25) is 0 Å². The first-order valence-electron chi connectivity index (χ1n) is 9.29. The van der Waals surface area contributed by atoms with Gasteiger partial charge in [0.05, 0.1) is 18.6 Å². The summed E-state index contributed by atoms with van der Waals surface area (Å²) in [6.45, 7) is 1.72. The Morgan fingerprint density at radius 2 is 1.90 bits per heavy atom. The van der Waals surface area contributed by atoms with Crippen molar-refractivity contribution in [2.24, 2.45) is 0 Å². The number of methoxy groups -OCH3 is 1. The monoisotopic (exact) mass is 394 g/mol. The number of fused-ring (bicyclic) bond motifs is 2. The van der Waals surface area contributed by atoms with Crippen molar-refractivity contribution in [1.82, 2.24) is 4.90 Å². The van der Waals surface area contributed by atoms with E-state index in [2.05, 4.69) is 23.1 Å². The maximum absolute atomic E-state index is 11.3. The largest absolute Gasteiger partial charge is 0.497 e. The molecule has 0 unspecified atom stereocenters. The molecule has 0 saturated carbocycles. The highest BCUT2D eigenvalue weighted by molar-refractivity contribution is 5.84. The number of hydrogen-bond acceptors (Lipinski definition) is 6. The van der Waals surface area contributed by atoms with Crippen molar-refractivity contribution in [3.8, 4) is 11.5 Å². The van der Waals surface area contributed by atoms with E-state index in [1.807, 2.05) is 25.2 Å². The molecule has 7 heteroatoms. The van der Waals surface area contributed by atoms with Gasteiger partial charge in [-0.25, -0.2) is 0 Å². The Balaban J connectivity index is 1.55.